The number of hydrogen-bond donors (Lipinski definition) is 1. The van der Waals surface area contributed by atoms with E-state index in [1.165, 1.54) is 36.0 Å². The van der Waals surface area contributed by atoms with Crippen LogP contribution in [0.1, 0.15) is 30.6 Å². The monoisotopic (exact) mass is 434 g/mol. The third kappa shape index (κ3) is 5.73. The van der Waals surface area contributed by atoms with Crippen molar-refractivity contribution in [3.63, 3.8) is 0 Å². The predicted octanol–water partition coefficient (Wildman–Crippen LogP) is 5.29. The number of rotatable bonds is 8. The maximum absolute atomic E-state index is 12.9. The van der Waals surface area contributed by atoms with Crippen molar-refractivity contribution >= 4 is 63.2 Å². The molecule has 3 rings (SSSR count). The summed E-state index contributed by atoms with van der Waals surface area (Å²) in [5.74, 6) is -0.479. The fourth-order valence-corrected chi connectivity index (χ4v) is 4.72. The van der Waals surface area contributed by atoms with Crippen LogP contribution in [0, 0.1) is 5.82 Å². The van der Waals surface area contributed by atoms with Crippen LogP contribution >= 0.6 is 35.3 Å². The quantitative estimate of drug-likeness (QED) is 0.349. The number of benzene rings is 1. The predicted molar refractivity (Wildman–Crippen MR) is 118 cm³/mol. The van der Waals surface area contributed by atoms with Crippen molar-refractivity contribution in [2.24, 2.45) is 0 Å². The highest BCUT2D eigenvalue weighted by molar-refractivity contribution is 8.26. The third-order valence-corrected chi connectivity index (χ3v) is 6.30. The summed E-state index contributed by atoms with van der Waals surface area (Å²) in [5, 5.41) is 4.71. The molecule has 28 heavy (non-hydrogen) atoms. The van der Waals surface area contributed by atoms with Crippen LogP contribution in [0.25, 0.3) is 6.08 Å². The Bertz CT molecular complexity index is 879. The van der Waals surface area contributed by atoms with E-state index in [2.05, 4.69) is 5.32 Å². The van der Waals surface area contributed by atoms with Crippen molar-refractivity contribution < 1.29 is 14.0 Å². The second kappa shape index (κ2) is 9.95. The van der Waals surface area contributed by atoms with Crippen LogP contribution in [0.5, 0.6) is 0 Å². The van der Waals surface area contributed by atoms with Crippen LogP contribution in [0.2, 0.25) is 0 Å². The van der Waals surface area contributed by atoms with Gasteiger partial charge in [-0.2, -0.15) is 0 Å². The van der Waals surface area contributed by atoms with Gasteiger partial charge in [-0.05, 0) is 54.6 Å². The first-order chi connectivity index (χ1) is 13.5. The number of thiophene rings is 1. The van der Waals surface area contributed by atoms with Gasteiger partial charge in [-0.1, -0.05) is 36.5 Å². The summed E-state index contributed by atoms with van der Waals surface area (Å²) >= 11 is 8.25. The molecule has 0 saturated carbocycles. The van der Waals surface area contributed by atoms with E-state index in [0.29, 0.717) is 34.3 Å². The average Bonchev–Trinajstić information content (AvgIpc) is 3.27. The molecule has 0 unspecified atom stereocenters. The molecular formula is C20H19FN2O2S3. The zero-order valence-electron chi connectivity index (χ0n) is 15.0. The first-order valence-corrected chi connectivity index (χ1v) is 11.0. The fourth-order valence-electron chi connectivity index (χ4n) is 2.68. The van der Waals surface area contributed by atoms with Crippen molar-refractivity contribution in [2.75, 3.05) is 11.9 Å². The Morgan fingerprint density at radius 1 is 1.18 bits per heavy atom. The Morgan fingerprint density at radius 2 is 1.96 bits per heavy atom. The summed E-state index contributed by atoms with van der Waals surface area (Å²) in [6.45, 7) is 0.562. The minimum absolute atomic E-state index is 0.0440. The topological polar surface area (TPSA) is 49.4 Å². The molecule has 8 heteroatoms. The highest BCUT2D eigenvalue weighted by Gasteiger charge is 2.31. The molecule has 1 aliphatic heterocycles. The van der Waals surface area contributed by atoms with Gasteiger partial charge in [0.25, 0.3) is 5.91 Å². The highest BCUT2D eigenvalue weighted by Crippen LogP contribution is 2.33. The molecule has 0 atom stereocenters. The van der Waals surface area contributed by atoms with E-state index in [-0.39, 0.29) is 17.6 Å². The number of thiocarbonyl (C=S) groups is 1. The summed E-state index contributed by atoms with van der Waals surface area (Å²) in [6, 6.07) is 9.60. The van der Waals surface area contributed by atoms with Gasteiger partial charge in [-0.15, -0.1) is 11.3 Å². The molecule has 2 amide bonds. The van der Waals surface area contributed by atoms with E-state index in [9.17, 15) is 14.0 Å². The van der Waals surface area contributed by atoms with Gasteiger partial charge in [-0.25, -0.2) is 4.39 Å². The highest BCUT2D eigenvalue weighted by atomic mass is 32.2. The minimum Gasteiger partial charge on any atom is -0.326 e. The Labute approximate surface area is 176 Å². The molecule has 1 aromatic heterocycles. The number of unbranched alkanes of at least 4 members (excludes halogenated alkanes) is 2. The van der Waals surface area contributed by atoms with E-state index < -0.39 is 0 Å². The Balaban J connectivity index is 1.38. The Hall–Kier alpha value is -2.03. The molecule has 2 aromatic rings. The number of nitrogens with one attached hydrogen (secondary N) is 1. The lowest BCUT2D eigenvalue weighted by Crippen LogP contribution is -2.29. The van der Waals surface area contributed by atoms with E-state index >= 15 is 0 Å². The van der Waals surface area contributed by atoms with Gasteiger partial charge in [0.2, 0.25) is 5.91 Å². The summed E-state index contributed by atoms with van der Waals surface area (Å²) in [6.07, 6.45) is 4.57. The Kier molecular flexibility index (Phi) is 7.36. The molecule has 146 valence electrons. The Morgan fingerprint density at radius 3 is 2.68 bits per heavy atom. The second-order valence-electron chi connectivity index (χ2n) is 6.21. The zero-order valence-corrected chi connectivity index (χ0v) is 17.5. The molecule has 0 aliphatic carbocycles. The van der Waals surface area contributed by atoms with Gasteiger partial charge in [-0.3, -0.25) is 14.5 Å². The maximum Gasteiger partial charge on any atom is 0.266 e. The number of carbonyl (C=O) groups is 2. The minimum atomic E-state index is -0.334. The molecule has 4 nitrogen and oxygen atoms in total. The molecule has 0 spiro atoms. The average molecular weight is 435 g/mol. The zero-order chi connectivity index (χ0) is 19.9. The van der Waals surface area contributed by atoms with Crippen LogP contribution in [-0.2, 0) is 9.59 Å². The van der Waals surface area contributed by atoms with Crippen molar-refractivity contribution in [1.82, 2.24) is 4.90 Å². The maximum atomic E-state index is 12.9. The molecule has 1 N–H and O–H groups in total. The number of amides is 2. The number of halogens is 1. The molecular weight excluding hydrogens is 415 g/mol. The summed E-state index contributed by atoms with van der Waals surface area (Å²) in [4.78, 5) is 27.7. The summed E-state index contributed by atoms with van der Waals surface area (Å²) < 4.78 is 13.4. The van der Waals surface area contributed by atoms with Gasteiger partial charge in [0.05, 0.1) is 4.91 Å². The molecule has 0 radical (unpaired) electrons. The van der Waals surface area contributed by atoms with E-state index in [0.717, 1.165) is 17.7 Å². The number of nitrogens with zero attached hydrogens (tertiary/aromatic N) is 1. The number of carbonyl (C=O) groups excluding carboxylic acids is 2. The van der Waals surface area contributed by atoms with Crippen molar-refractivity contribution in [1.29, 1.82) is 0 Å². The third-order valence-electron chi connectivity index (χ3n) is 4.10. The lowest BCUT2D eigenvalue weighted by molar-refractivity contribution is -0.122. The van der Waals surface area contributed by atoms with Crippen molar-refractivity contribution in [2.45, 2.75) is 25.7 Å². The number of hydrogen-bond acceptors (Lipinski definition) is 5. The largest absolute Gasteiger partial charge is 0.326 e. The molecule has 1 aromatic carbocycles. The molecule has 2 heterocycles. The SMILES string of the molecule is O=C(CCCCCN1C(=O)/C(=C\c2cccs2)SC1=S)Nc1ccc(F)cc1. The normalized spacial score (nSPS) is 15.5. The molecule has 1 fully saturated rings. The van der Waals surface area contributed by atoms with Crippen LogP contribution in [-0.4, -0.2) is 27.6 Å². The second-order valence-corrected chi connectivity index (χ2v) is 8.87. The van der Waals surface area contributed by atoms with Crippen LogP contribution in [0.4, 0.5) is 10.1 Å². The summed E-state index contributed by atoms with van der Waals surface area (Å²) in [5.41, 5.74) is 0.585. The standard InChI is InChI=1S/C20H19FN2O2S3/c21-14-7-9-15(10-8-14)22-18(24)6-2-1-3-11-23-19(25)17(28-20(23)26)13-16-5-4-12-27-16/h4-5,7-10,12-13H,1-3,6,11H2,(H,22,24)/b17-13+. The summed E-state index contributed by atoms with van der Waals surface area (Å²) in [7, 11) is 0. The van der Waals surface area contributed by atoms with Crippen LogP contribution in [0.15, 0.2) is 46.7 Å². The lowest BCUT2D eigenvalue weighted by atomic mass is 10.1. The number of thioether (sulfide) groups is 1. The van der Waals surface area contributed by atoms with Gasteiger partial charge in [0, 0.05) is 23.5 Å². The molecule has 1 saturated heterocycles. The van der Waals surface area contributed by atoms with Gasteiger partial charge >= 0.3 is 0 Å². The van der Waals surface area contributed by atoms with Gasteiger partial charge in [0.1, 0.15) is 10.1 Å². The smallest absolute Gasteiger partial charge is 0.266 e. The van der Waals surface area contributed by atoms with Crippen LogP contribution in [0.3, 0.4) is 0 Å². The molecule has 0 bridgehead atoms. The van der Waals surface area contributed by atoms with E-state index in [1.54, 1.807) is 16.2 Å². The van der Waals surface area contributed by atoms with E-state index in [1.807, 2.05) is 23.6 Å². The van der Waals surface area contributed by atoms with Gasteiger partial charge < -0.3 is 5.32 Å². The fraction of sp³-hybridized carbons (Fsp3) is 0.250. The van der Waals surface area contributed by atoms with E-state index in [4.69, 9.17) is 12.2 Å². The lowest BCUT2D eigenvalue weighted by Gasteiger charge is -2.14. The first kappa shape index (κ1) is 20.7. The van der Waals surface area contributed by atoms with Crippen LogP contribution < -0.4 is 5.32 Å². The molecule has 1 aliphatic rings. The van der Waals surface area contributed by atoms with Crippen molar-refractivity contribution in [3.8, 4) is 0 Å². The van der Waals surface area contributed by atoms with Crippen molar-refractivity contribution in [3.05, 3.63) is 57.4 Å². The number of anilines is 1. The first-order valence-electron chi connectivity index (χ1n) is 8.87. The van der Waals surface area contributed by atoms with Gasteiger partial charge in [0.15, 0.2) is 0 Å².